The summed E-state index contributed by atoms with van der Waals surface area (Å²) in [5.41, 5.74) is 5.95. The lowest BCUT2D eigenvalue weighted by Crippen LogP contribution is -2.48. The van der Waals surface area contributed by atoms with Crippen molar-refractivity contribution in [3.8, 4) is 12.3 Å². The van der Waals surface area contributed by atoms with E-state index in [-0.39, 0.29) is 17.1 Å². The van der Waals surface area contributed by atoms with Crippen LogP contribution in [0.3, 0.4) is 0 Å². The zero-order valence-corrected chi connectivity index (χ0v) is 13.5. The molecule has 2 aromatic heterocycles. The number of alkyl halides is 1. The number of hydrogen-bond acceptors (Lipinski definition) is 8. The summed E-state index contributed by atoms with van der Waals surface area (Å²) < 4.78 is 21.2. The van der Waals surface area contributed by atoms with Gasteiger partial charge in [0.05, 0.1) is 6.61 Å². The minimum atomic E-state index is -2.76. The van der Waals surface area contributed by atoms with Crippen molar-refractivity contribution in [3.05, 3.63) is 6.33 Å². The number of rotatable bonds is 6. The molecule has 2 aromatic rings. The lowest BCUT2D eigenvalue weighted by atomic mass is 10.0. The summed E-state index contributed by atoms with van der Waals surface area (Å²) in [6, 6.07) is 0. The number of nitrogens with zero attached hydrogens (tertiary/aromatic N) is 5. The first kappa shape index (κ1) is 17.9. The van der Waals surface area contributed by atoms with Crippen LogP contribution < -0.4 is 10.6 Å². The highest BCUT2D eigenvalue weighted by Gasteiger charge is 2.44. The number of nitrogens with two attached hydrogens (primary N) is 1. The van der Waals surface area contributed by atoms with Crippen molar-refractivity contribution in [3.63, 3.8) is 0 Å². The third-order valence-corrected chi connectivity index (χ3v) is 3.60. The zero-order valence-electron chi connectivity index (χ0n) is 13.5. The summed E-state index contributed by atoms with van der Waals surface area (Å²) in [7, 11) is 4.65. The summed E-state index contributed by atoms with van der Waals surface area (Å²) in [6.07, 6.45) is 3.31. The molecule has 0 aliphatic heterocycles. The van der Waals surface area contributed by atoms with Gasteiger partial charge in [-0.15, -0.1) is 6.42 Å². The Balaban J connectivity index is 2.68. The van der Waals surface area contributed by atoms with Gasteiger partial charge in [0.25, 0.3) is 5.79 Å². The van der Waals surface area contributed by atoms with Gasteiger partial charge in [-0.3, -0.25) is 4.57 Å². The van der Waals surface area contributed by atoms with Crippen LogP contribution in [0.25, 0.3) is 11.2 Å². The highest BCUT2D eigenvalue weighted by atomic mass is 19.1. The average molecular weight is 338 g/mol. The highest BCUT2D eigenvalue weighted by Crippen LogP contribution is 2.31. The van der Waals surface area contributed by atoms with Crippen molar-refractivity contribution in [2.75, 3.05) is 38.4 Å². The third-order valence-electron chi connectivity index (χ3n) is 3.60. The molecule has 130 valence electrons. The fourth-order valence-corrected chi connectivity index (χ4v) is 2.30. The van der Waals surface area contributed by atoms with Crippen molar-refractivity contribution >= 4 is 22.9 Å². The first-order valence-corrected chi connectivity index (χ1v) is 6.96. The molecule has 0 bridgehead atoms. The minimum Gasteiger partial charge on any atom is -0.394 e. The number of hydrogen-bond donors (Lipinski definition) is 3. The molecule has 0 spiro atoms. The monoisotopic (exact) mass is 338 g/mol. The third kappa shape index (κ3) is 2.73. The van der Waals surface area contributed by atoms with Crippen molar-refractivity contribution in [1.82, 2.24) is 19.5 Å². The van der Waals surface area contributed by atoms with Gasteiger partial charge in [-0.2, -0.15) is 9.97 Å². The zero-order chi connectivity index (χ0) is 18.1. The number of anilines is 2. The number of halogens is 1. The summed E-state index contributed by atoms with van der Waals surface area (Å²) >= 11 is 0. The van der Waals surface area contributed by atoms with Crippen LogP contribution in [-0.4, -0.2) is 69.8 Å². The number of aliphatic hydroxyl groups excluding tert-OH is 2. The van der Waals surface area contributed by atoms with Gasteiger partial charge in [-0.05, 0) is 5.92 Å². The lowest BCUT2D eigenvalue weighted by molar-refractivity contribution is -0.117. The number of fused-ring (bicyclic) bond motifs is 1. The highest BCUT2D eigenvalue weighted by molar-refractivity contribution is 5.84. The minimum absolute atomic E-state index is 0.0125. The molecule has 24 heavy (non-hydrogen) atoms. The molecule has 2 rings (SSSR count). The Morgan fingerprint density at radius 2 is 2.21 bits per heavy atom. The van der Waals surface area contributed by atoms with E-state index in [0.29, 0.717) is 5.82 Å². The summed E-state index contributed by atoms with van der Waals surface area (Å²) in [6.45, 7) is -0.627. The second kappa shape index (κ2) is 6.56. The predicted molar refractivity (Wildman–Crippen MR) is 85.9 cm³/mol. The number of aliphatic hydroxyl groups is 2. The molecule has 0 amide bonds. The van der Waals surface area contributed by atoms with Gasteiger partial charge < -0.3 is 25.6 Å². The molecule has 0 saturated carbocycles. The van der Waals surface area contributed by atoms with Crippen LogP contribution >= 0.6 is 0 Å². The van der Waals surface area contributed by atoms with Crippen LogP contribution in [0.4, 0.5) is 16.2 Å². The van der Waals surface area contributed by atoms with E-state index in [9.17, 15) is 10.2 Å². The molecule has 1 unspecified atom stereocenters. The van der Waals surface area contributed by atoms with Gasteiger partial charge in [0, 0.05) is 21.2 Å². The molecule has 9 nitrogen and oxygen atoms in total. The summed E-state index contributed by atoms with van der Waals surface area (Å²) in [4.78, 5) is 13.7. The summed E-state index contributed by atoms with van der Waals surface area (Å²) in [5.74, 6) is -0.604. The van der Waals surface area contributed by atoms with Crippen LogP contribution in [0.1, 0.15) is 0 Å². The molecule has 0 saturated heterocycles. The first-order valence-electron chi connectivity index (χ1n) is 6.96. The second-order valence-corrected chi connectivity index (χ2v) is 5.31. The quantitative estimate of drug-likeness (QED) is 0.579. The van der Waals surface area contributed by atoms with Gasteiger partial charge in [0.2, 0.25) is 5.95 Å². The molecule has 2 heterocycles. The molecule has 0 radical (unpaired) electrons. The van der Waals surface area contributed by atoms with Crippen molar-refractivity contribution in [2.45, 2.75) is 18.0 Å². The number of imidazole rings is 1. The fourth-order valence-electron chi connectivity index (χ4n) is 2.30. The van der Waals surface area contributed by atoms with E-state index >= 15 is 4.39 Å². The first-order chi connectivity index (χ1) is 11.3. The fraction of sp³-hybridized carbons (Fsp3) is 0.500. The summed E-state index contributed by atoms with van der Waals surface area (Å²) in [5, 5.41) is 19.5. The van der Waals surface area contributed by atoms with Crippen LogP contribution in [0.15, 0.2) is 6.33 Å². The smallest absolute Gasteiger partial charge is 0.279 e. The van der Waals surface area contributed by atoms with E-state index in [0.717, 1.165) is 10.9 Å². The van der Waals surface area contributed by atoms with Gasteiger partial charge in [-0.1, -0.05) is 0 Å². The molecule has 0 aromatic carbocycles. The number of methoxy groups -OCH3 is 1. The van der Waals surface area contributed by atoms with E-state index in [1.807, 2.05) is 5.92 Å². The van der Waals surface area contributed by atoms with Crippen LogP contribution in [0.5, 0.6) is 0 Å². The molecule has 0 aliphatic rings. The molecule has 0 aliphatic carbocycles. The number of nitrogen functional groups attached to an aromatic ring is 1. The topological polar surface area (TPSA) is 123 Å². The number of aromatic nitrogens is 4. The molecule has 4 N–H and O–H groups in total. The molecule has 3 atom stereocenters. The SMILES string of the molecule is C#C[C@@](F)([C@H](O)C(CO)OC)n1cnc2c(N(C)C)nc(N)nc21. The van der Waals surface area contributed by atoms with Crippen molar-refractivity contribution in [1.29, 1.82) is 0 Å². The normalized spacial score (nSPS) is 16.4. The number of terminal acetylenes is 1. The van der Waals surface area contributed by atoms with E-state index in [2.05, 4.69) is 15.0 Å². The number of ether oxygens (including phenoxy) is 1. The molecular weight excluding hydrogens is 319 g/mol. The van der Waals surface area contributed by atoms with Gasteiger partial charge in [-0.25, -0.2) is 9.37 Å². The molecule has 10 heteroatoms. The Morgan fingerprint density at radius 1 is 1.54 bits per heavy atom. The largest absolute Gasteiger partial charge is 0.394 e. The molecule has 0 fully saturated rings. The van der Waals surface area contributed by atoms with E-state index in [4.69, 9.17) is 16.9 Å². The maximum Gasteiger partial charge on any atom is 0.279 e. The Hall–Kier alpha value is -2.48. The van der Waals surface area contributed by atoms with Crippen LogP contribution in [0, 0.1) is 12.3 Å². The van der Waals surface area contributed by atoms with Crippen LogP contribution in [0.2, 0.25) is 0 Å². The maximum absolute atomic E-state index is 15.4. The Bertz CT molecular complexity index is 770. The Kier molecular flexibility index (Phi) is 4.88. The maximum atomic E-state index is 15.4. The van der Waals surface area contributed by atoms with Gasteiger partial charge in [0.15, 0.2) is 17.0 Å². The standard InChI is InChI=1S/C14H19FN6O3/c1-5-14(15,10(23)8(6-22)24-4)21-7-17-9-11(20(2)3)18-13(16)19-12(9)21/h1,7-8,10,22-23H,6H2,2-4H3,(H2,16,18,19)/t8?,10-,14+/m1/s1. The predicted octanol–water partition coefficient (Wildman–Crippen LogP) is -0.902. The Morgan fingerprint density at radius 3 is 2.71 bits per heavy atom. The second-order valence-electron chi connectivity index (χ2n) is 5.31. The van der Waals surface area contributed by atoms with E-state index < -0.39 is 24.6 Å². The average Bonchev–Trinajstić information content (AvgIpc) is 2.98. The van der Waals surface area contributed by atoms with Crippen molar-refractivity contribution < 1.29 is 19.3 Å². The van der Waals surface area contributed by atoms with Gasteiger partial charge >= 0.3 is 0 Å². The van der Waals surface area contributed by atoms with Crippen molar-refractivity contribution in [2.24, 2.45) is 0 Å². The van der Waals surface area contributed by atoms with Gasteiger partial charge in [0.1, 0.15) is 18.5 Å². The molecular formula is C14H19FN6O3. The van der Waals surface area contributed by atoms with E-state index in [1.165, 1.54) is 7.11 Å². The van der Waals surface area contributed by atoms with E-state index in [1.54, 1.807) is 19.0 Å². The Labute approximate surface area is 137 Å². The lowest BCUT2D eigenvalue weighted by Gasteiger charge is -2.30. The van der Waals surface area contributed by atoms with Crippen LogP contribution in [-0.2, 0) is 10.5 Å².